The summed E-state index contributed by atoms with van der Waals surface area (Å²) in [6.07, 6.45) is -0.517. The molecule has 0 aliphatic heterocycles. The Hall–Kier alpha value is -0.170. The van der Waals surface area contributed by atoms with Crippen LogP contribution in [-0.2, 0) is 0 Å². The summed E-state index contributed by atoms with van der Waals surface area (Å²) in [5, 5.41) is 10.0. The van der Waals surface area contributed by atoms with Crippen molar-refractivity contribution in [2.75, 3.05) is 14.1 Å². The van der Waals surface area contributed by atoms with Crippen molar-refractivity contribution in [3.05, 3.63) is 35.9 Å². The van der Waals surface area contributed by atoms with Gasteiger partial charge < -0.3 is 29.1 Å². The van der Waals surface area contributed by atoms with Crippen molar-refractivity contribution in [1.82, 2.24) is 0 Å². The van der Waals surface area contributed by atoms with Crippen LogP contribution < -0.4 is 29.8 Å². The molecule has 4 heteroatoms. The van der Waals surface area contributed by atoms with E-state index in [9.17, 15) is 5.11 Å². The highest BCUT2D eigenvalue weighted by Gasteiger charge is 2.28. The van der Waals surface area contributed by atoms with Crippen LogP contribution in [0.15, 0.2) is 30.3 Å². The molecule has 0 aliphatic rings. The molecule has 3 nitrogen and oxygen atoms in total. The number of halogens is 1. The van der Waals surface area contributed by atoms with Crippen molar-refractivity contribution in [2.24, 2.45) is 5.84 Å². The van der Waals surface area contributed by atoms with Gasteiger partial charge in [0.15, 0.2) is 0 Å². The van der Waals surface area contributed by atoms with Crippen LogP contribution >= 0.6 is 0 Å². The van der Waals surface area contributed by atoms with Gasteiger partial charge >= 0.3 is 0 Å². The highest BCUT2D eigenvalue weighted by molar-refractivity contribution is 5.17. The van der Waals surface area contributed by atoms with E-state index in [1.807, 2.05) is 51.4 Å². The molecule has 0 fully saturated rings. The van der Waals surface area contributed by atoms with E-state index in [2.05, 4.69) is 0 Å². The Labute approximate surface area is 108 Å². The van der Waals surface area contributed by atoms with Crippen molar-refractivity contribution < 1.29 is 33.7 Å². The first-order valence-electron chi connectivity index (χ1n) is 4.78. The number of nitrogens with two attached hydrogens (primary N) is 1. The van der Waals surface area contributed by atoms with E-state index in [1.54, 1.807) is 0 Å². The van der Waals surface area contributed by atoms with E-state index < -0.39 is 6.10 Å². The van der Waals surface area contributed by atoms with E-state index in [4.69, 9.17) is 5.84 Å². The summed E-state index contributed by atoms with van der Waals surface area (Å²) in [4.78, 5) is 0. The summed E-state index contributed by atoms with van der Waals surface area (Å²) >= 11 is 0. The Morgan fingerprint density at radius 3 is 2.07 bits per heavy atom. The zero-order valence-electron chi connectivity index (χ0n) is 9.39. The first-order chi connectivity index (χ1) is 6.43. The summed E-state index contributed by atoms with van der Waals surface area (Å²) in [6.45, 7) is 1.94. The predicted octanol–water partition coefficient (Wildman–Crippen LogP) is -1.94. The maximum atomic E-state index is 10.0. The molecule has 0 spiro atoms. The number of hydrogen-bond acceptors (Lipinski definition) is 2. The first-order valence-corrected chi connectivity index (χ1v) is 4.78. The minimum absolute atomic E-state index is 0. The van der Waals surface area contributed by atoms with Gasteiger partial charge in [-0.2, -0.15) is 5.84 Å². The average Bonchev–Trinajstić information content (AvgIpc) is 2.15. The summed E-state index contributed by atoms with van der Waals surface area (Å²) in [7, 11) is 3.74. The van der Waals surface area contributed by atoms with Crippen LogP contribution in [0.3, 0.4) is 0 Å². The van der Waals surface area contributed by atoms with Gasteiger partial charge in [0, 0.05) is 0 Å². The minimum Gasteiger partial charge on any atom is -1.00 e. The summed E-state index contributed by atoms with van der Waals surface area (Å²) in [5.41, 5.74) is 0.914. The summed E-state index contributed by atoms with van der Waals surface area (Å²) < 4.78 is 0.260. The van der Waals surface area contributed by atoms with E-state index in [0.717, 1.165) is 5.56 Å². The SMILES string of the molecule is C[C@H](C(O)c1ccccc1)[N+](C)(C)N.[I-]. The number of rotatable bonds is 3. The molecule has 0 aliphatic carbocycles. The Morgan fingerprint density at radius 1 is 1.20 bits per heavy atom. The summed E-state index contributed by atoms with van der Waals surface area (Å²) in [6, 6.07) is 9.57. The predicted molar refractivity (Wildman–Crippen MR) is 57.2 cm³/mol. The zero-order valence-corrected chi connectivity index (χ0v) is 11.5. The van der Waals surface area contributed by atoms with Crippen LogP contribution in [0.4, 0.5) is 0 Å². The molecule has 1 aromatic carbocycles. The number of benzene rings is 1. The van der Waals surface area contributed by atoms with Gasteiger partial charge in [0.2, 0.25) is 0 Å². The van der Waals surface area contributed by atoms with Crippen LogP contribution in [-0.4, -0.2) is 29.8 Å². The second kappa shape index (κ2) is 5.79. The number of hydrogen-bond donors (Lipinski definition) is 2. The van der Waals surface area contributed by atoms with Gasteiger partial charge in [-0.15, -0.1) is 0 Å². The molecule has 0 radical (unpaired) electrons. The van der Waals surface area contributed by atoms with Crippen LogP contribution in [0.25, 0.3) is 0 Å². The third-order valence-electron chi connectivity index (χ3n) is 2.65. The van der Waals surface area contributed by atoms with E-state index in [0.29, 0.717) is 0 Å². The molecule has 1 aromatic rings. The molecule has 1 unspecified atom stereocenters. The monoisotopic (exact) mass is 322 g/mol. The molecule has 1 rings (SSSR count). The lowest BCUT2D eigenvalue weighted by Gasteiger charge is -2.33. The van der Waals surface area contributed by atoms with Crippen LogP contribution in [0.1, 0.15) is 18.6 Å². The van der Waals surface area contributed by atoms with E-state index >= 15 is 0 Å². The van der Waals surface area contributed by atoms with Crippen LogP contribution in [0.5, 0.6) is 0 Å². The third-order valence-corrected chi connectivity index (χ3v) is 2.65. The highest BCUT2D eigenvalue weighted by atomic mass is 127. The van der Waals surface area contributed by atoms with Crippen molar-refractivity contribution in [1.29, 1.82) is 0 Å². The van der Waals surface area contributed by atoms with Crippen molar-refractivity contribution in [3.63, 3.8) is 0 Å². The second-order valence-corrected chi connectivity index (χ2v) is 4.23. The van der Waals surface area contributed by atoms with Gasteiger partial charge in [0.1, 0.15) is 12.1 Å². The van der Waals surface area contributed by atoms with Gasteiger partial charge in [-0.1, -0.05) is 30.3 Å². The Kier molecular flexibility index (Phi) is 5.72. The van der Waals surface area contributed by atoms with Gasteiger partial charge in [-0.3, -0.25) is 0 Å². The number of nitrogens with zero attached hydrogens (tertiary/aromatic N) is 1. The fraction of sp³-hybridized carbons (Fsp3) is 0.455. The van der Waals surface area contributed by atoms with Crippen molar-refractivity contribution in [2.45, 2.75) is 19.1 Å². The standard InChI is InChI=1S/C11H19N2O.HI/c1-9(13(2,3)12)11(14)10-7-5-4-6-8-10;/h4-9,11,14H,12H2,1-3H3;1H/q+1;/p-1/t9-,11?;/m1./s1. The first kappa shape index (κ1) is 14.8. The molecule has 2 atom stereocenters. The largest absolute Gasteiger partial charge is 1.00 e. The Balaban J connectivity index is 0.00000196. The number of aliphatic hydroxyl groups is 1. The number of aliphatic hydroxyl groups excluding tert-OH is 1. The van der Waals surface area contributed by atoms with Crippen LogP contribution in [0, 0.1) is 0 Å². The highest BCUT2D eigenvalue weighted by Crippen LogP contribution is 2.20. The molecule has 0 amide bonds. The lowest BCUT2D eigenvalue weighted by atomic mass is 10.0. The zero-order chi connectivity index (χ0) is 10.8. The molecule has 15 heavy (non-hydrogen) atoms. The molecule has 86 valence electrons. The van der Waals surface area contributed by atoms with Gasteiger partial charge in [0.25, 0.3) is 0 Å². The molecule has 3 N–H and O–H groups in total. The lowest BCUT2D eigenvalue weighted by Crippen LogP contribution is -3.00. The molecule has 0 aromatic heterocycles. The van der Waals surface area contributed by atoms with Crippen molar-refractivity contribution >= 4 is 0 Å². The number of quaternary nitrogens is 1. The topological polar surface area (TPSA) is 46.2 Å². The maximum absolute atomic E-state index is 10.0. The third kappa shape index (κ3) is 4.06. The molecule has 0 saturated heterocycles. The van der Waals surface area contributed by atoms with Gasteiger partial charge in [0.05, 0.1) is 14.1 Å². The van der Waals surface area contributed by atoms with Gasteiger partial charge in [-0.05, 0) is 12.5 Å². The van der Waals surface area contributed by atoms with Gasteiger partial charge in [-0.25, -0.2) is 4.59 Å². The molecular formula is C11H19IN2O. The van der Waals surface area contributed by atoms with E-state index in [-0.39, 0.29) is 34.6 Å². The molecule has 0 heterocycles. The Bertz CT molecular complexity index is 284. The second-order valence-electron chi connectivity index (χ2n) is 4.23. The normalized spacial score (nSPS) is 15.3. The molecule has 0 saturated carbocycles. The summed E-state index contributed by atoms with van der Waals surface area (Å²) in [5.74, 6) is 5.89. The fourth-order valence-corrected chi connectivity index (χ4v) is 1.29. The fourth-order valence-electron chi connectivity index (χ4n) is 1.29. The minimum atomic E-state index is -0.517. The lowest BCUT2D eigenvalue weighted by molar-refractivity contribution is -0.929. The van der Waals surface area contributed by atoms with E-state index in [1.165, 1.54) is 0 Å². The molecular weight excluding hydrogens is 303 g/mol. The van der Waals surface area contributed by atoms with Crippen molar-refractivity contribution in [3.8, 4) is 0 Å². The molecule has 0 bridgehead atoms. The average molecular weight is 322 g/mol. The van der Waals surface area contributed by atoms with Crippen LogP contribution in [0.2, 0.25) is 0 Å². The Morgan fingerprint density at radius 2 is 1.67 bits per heavy atom. The number of likely N-dealkylation sites (N-methyl/N-ethyl adjacent to an activating group) is 1. The smallest absolute Gasteiger partial charge is 0.133 e. The quantitative estimate of drug-likeness (QED) is 0.295. The maximum Gasteiger partial charge on any atom is 0.133 e.